The summed E-state index contributed by atoms with van der Waals surface area (Å²) >= 11 is 0. The fourth-order valence-corrected chi connectivity index (χ4v) is 3.67. The maximum atomic E-state index is 4.76. The van der Waals surface area contributed by atoms with Crippen molar-refractivity contribution in [3.8, 4) is 22.4 Å². The zero-order chi connectivity index (χ0) is 15.5. The molecule has 0 atom stereocenters. The predicted molar refractivity (Wildman–Crippen MR) is 96.3 cm³/mol. The lowest BCUT2D eigenvalue weighted by atomic mass is 9.89. The molecule has 1 saturated carbocycles. The van der Waals surface area contributed by atoms with Gasteiger partial charge in [0.25, 0.3) is 0 Å². The molecule has 1 heteroatoms. The summed E-state index contributed by atoms with van der Waals surface area (Å²) in [4.78, 5) is 4.76. The van der Waals surface area contributed by atoms with Gasteiger partial charge in [0.05, 0.1) is 5.69 Å². The lowest BCUT2D eigenvalue weighted by Gasteiger charge is -2.17. The molecule has 0 spiro atoms. The standard InChI is InChI=1S/C22H21N/c1-3-9-18(10-4-1)21-16-23-22(19-13-5-2-6-14-19)15-20(21)17-11-7-8-12-17/h1-6,9-10,13-17H,7-8,11-12H2. The highest BCUT2D eigenvalue weighted by Crippen LogP contribution is 2.40. The normalized spacial score (nSPS) is 15.0. The number of rotatable bonds is 3. The zero-order valence-corrected chi connectivity index (χ0v) is 13.3. The Balaban J connectivity index is 1.83. The van der Waals surface area contributed by atoms with Crippen LogP contribution in [-0.2, 0) is 0 Å². The van der Waals surface area contributed by atoms with Crippen LogP contribution in [0.25, 0.3) is 22.4 Å². The molecule has 0 bridgehead atoms. The molecule has 1 heterocycles. The second kappa shape index (κ2) is 6.37. The number of hydrogen-bond donors (Lipinski definition) is 0. The van der Waals surface area contributed by atoms with Gasteiger partial charge in [-0.1, -0.05) is 73.5 Å². The monoisotopic (exact) mass is 299 g/mol. The van der Waals surface area contributed by atoms with E-state index in [1.807, 2.05) is 0 Å². The van der Waals surface area contributed by atoms with E-state index in [2.05, 4.69) is 72.9 Å². The predicted octanol–water partition coefficient (Wildman–Crippen LogP) is 6.07. The zero-order valence-electron chi connectivity index (χ0n) is 13.3. The maximum Gasteiger partial charge on any atom is 0.0705 e. The first kappa shape index (κ1) is 14.2. The molecular weight excluding hydrogens is 278 g/mol. The van der Waals surface area contributed by atoms with E-state index in [9.17, 15) is 0 Å². The van der Waals surface area contributed by atoms with Gasteiger partial charge < -0.3 is 0 Å². The minimum Gasteiger partial charge on any atom is -0.256 e. The van der Waals surface area contributed by atoms with Gasteiger partial charge in [0.1, 0.15) is 0 Å². The van der Waals surface area contributed by atoms with Crippen molar-refractivity contribution in [1.29, 1.82) is 0 Å². The fourth-order valence-electron chi connectivity index (χ4n) is 3.67. The van der Waals surface area contributed by atoms with E-state index in [1.165, 1.54) is 47.9 Å². The summed E-state index contributed by atoms with van der Waals surface area (Å²) in [5, 5.41) is 0. The van der Waals surface area contributed by atoms with Gasteiger partial charge in [-0.25, -0.2) is 0 Å². The summed E-state index contributed by atoms with van der Waals surface area (Å²) in [6.07, 6.45) is 7.38. The van der Waals surface area contributed by atoms with Crippen molar-refractivity contribution in [2.24, 2.45) is 0 Å². The van der Waals surface area contributed by atoms with Crippen molar-refractivity contribution >= 4 is 0 Å². The minimum atomic E-state index is 0.677. The summed E-state index contributed by atoms with van der Waals surface area (Å²) < 4.78 is 0. The minimum absolute atomic E-state index is 0.677. The highest BCUT2D eigenvalue weighted by atomic mass is 14.7. The third-order valence-electron chi connectivity index (χ3n) is 4.89. The van der Waals surface area contributed by atoms with E-state index in [0.717, 1.165) is 5.69 Å². The van der Waals surface area contributed by atoms with Gasteiger partial charge >= 0.3 is 0 Å². The lowest BCUT2D eigenvalue weighted by Crippen LogP contribution is -1.99. The van der Waals surface area contributed by atoms with Gasteiger partial charge in [-0.3, -0.25) is 4.98 Å². The van der Waals surface area contributed by atoms with Gasteiger partial charge in [0.15, 0.2) is 0 Å². The first-order valence-corrected chi connectivity index (χ1v) is 8.52. The molecule has 4 rings (SSSR count). The van der Waals surface area contributed by atoms with Gasteiger partial charge in [-0.15, -0.1) is 0 Å². The average molecular weight is 299 g/mol. The summed E-state index contributed by atoms with van der Waals surface area (Å²) in [6.45, 7) is 0. The van der Waals surface area contributed by atoms with Crippen LogP contribution in [0.1, 0.15) is 37.2 Å². The summed E-state index contributed by atoms with van der Waals surface area (Å²) in [7, 11) is 0. The molecule has 2 aromatic carbocycles. The molecular formula is C22H21N. The van der Waals surface area contributed by atoms with E-state index in [1.54, 1.807) is 0 Å². The molecule has 23 heavy (non-hydrogen) atoms. The van der Waals surface area contributed by atoms with Crippen LogP contribution in [0.3, 0.4) is 0 Å². The Labute approximate surface area is 138 Å². The molecule has 1 nitrogen and oxygen atoms in total. The van der Waals surface area contributed by atoms with Crippen LogP contribution < -0.4 is 0 Å². The van der Waals surface area contributed by atoms with Crippen LogP contribution in [0.4, 0.5) is 0 Å². The van der Waals surface area contributed by atoms with Gasteiger partial charge in [0.2, 0.25) is 0 Å². The van der Waals surface area contributed by atoms with Gasteiger partial charge in [-0.2, -0.15) is 0 Å². The molecule has 1 aliphatic carbocycles. The molecule has 1 aromatic heterocycles. The molecule has 0 amide bonds. The Morgan fingerprint density at radius 1 is 0.739 bits per heavy atom. The van der Waals surface area contributed by atoms with Crippen LogP contribution >= 0.6 is 0 Å². The number of hydrogen-bond acceptors (Lipinski definition) is 1. The van der Waals surface area contributed by atoms with Gasteiger partial charge in [-0.05, 0) is 36.0 Å². The third kappa shape index (κ3) is 2.92. The molecule has 0 saturated heterocycles. The highest BCUT2D eigenvalue weighted by molar-refractivity contribution is 5.71. The van der Waals surface area contributed by atoms with Gasteiger partial charge in [0, 0.05) is 17.3 Å². The quantitative estimate of drug-likeness (QED) is 0.571. The lowest BCUT2D eigenvalue weighted by molar-refractivity contribution is 0.724. The number of benzene rings is 2. The molecule has 0 N–H and O–H groups in total. The first-order valence-electron chi connectivity index (χ1n) is 8.52. The molecule has 0 unspecified atom stereocenters. The van der Waals surface area contributed by atoms with Crippen LogP contribution in [0.5, 0.6) is 0 Å². The van der Waals surface area contributed by atoms with Crippen molar-refractivity contribution in [2.45, 2.75) is 31.6 Å². The fraction of sp³-hybridized carbons (Fsp3) is 0.227. The first-order chi connectivity index (χ1) is 11.4. The Bertz CT molecular complexity index is 772. The second-order valence-corrected chi connectivity index (χ2v) is 6.37. The molecule has 3 aromatic rings. The van der Waals surface area contributed by atoms with Crippen molar-refractivity contribution < 1.29 is 0 Å². The highest BCUT2D eigenvalue weighted by Gasteiger charge is 2.21. The Morgan fingerprint density at radius 2 is 1.35 bits per heavy atom. The molecule has 1 fully saturated rings. The average Bonchev–Trinajstić information content (AvgIpc) is 3.17. The van der Waals surface area contributed by atoms with Crippen molar-refractivity contribution in [3.63, 3.8) is 0 Å². The van der Waals surface area contributed by atoms with Crippen LogP contribution in [0, 0.1) is 0 Å². The SMILES string of the molecule is c1ccc(-c2cc(C3CCCC3)c(-c3ccccc3)cn2)cc1. The van der Waals surface area contributed by atoms with Crippen molar-refractivity contribution in [2.75, 3.05) is 0 Å². The molecule has 0 radical (unpaired) electrons. The summed E-state index contributed by atoms with van der Waals surface area (Å²) in [6, 6.07) is 23.5. The Kier molecular flexibility index (Phi) is 3.94. The van der Waals surface area contributed by atoms with Crippen LogP contribution in [0.2, 0.25) is 0 Å². The Hall–Kier alpha value is -2.41. The topological polar surface area (TPSA) is 12.9 Å². The number of aromatic nitrogens is 1. The molecule has 114 valence electrons. The Morgan fingerprint density at radius 3 is 2.00 bits per heavy atom. The second-order valence-electron chi connectivity index (χ2n) is 6.37. The number of nitrogens with zero attached hydrogens (tertiary/aromatic N) is 1. The van der Waals surface area contributed by atoms with E-state index >= 15 is 0 Å². The van der Waals surface area contributed by atoms with Crippen LogP contribution in [0.15, 0.2) is 72.9 Å². The number of pyridine rings is 1. The van der Waals surface area contributed by atoms with Crippen LogP contribution in [-0.4, -0.2) is 4.98 Å². The third-order valence-corrected chi connectivity index (χ3v) is 4.89. The maximum absolute atomic E-state index is 4.76. The van der Waals surface area contributed by atoms with Crippen molar-refractivity contribution in [1.82, 2.24) is 4.98 Å². The summed E-state index contributed by atoms with van der Waals surface area (Å²) in [5.74, 6) is 0.677. The van der Waals surface area contributed by atoms with E-state index < -0.39 is 0 Å². The largest absolute Gasteiger partial charge is 0.256 e. The van der Waals surface area contributed by atoms with E-state index in [-0.39, 0.29) is 0 Å². The van der Waals surface area contributed by atoms with E-state index in [0.29, 0.717) is 5.92 Å². The van der Waals surface area contributed by atoms with E-state index in [4.69, 9.17) is 4.98 Å². The molecule has 1 aliphatic rings. The van der Waals surface area contributed by atoms with Crippen molar-refractivity contribution in [3.05, 3.63) is 78.5 Å². The smallest absolute Gasteiger partial charge is 0.0705 e. The summed E-state index contributed by atoms with van der Waals surface area (Å²) in [5.41, 5.74) is 6.35. The molecule has 0 aliphatic heterocycles.